The molecule has 0 heterocycles. The van der Waals surface area contributed by atoms with Crippen LogP contribution in [0.15, 0.2) is 58.6 Å². The first-order valence-electron chi connectivity index (χ1n) is 7.05. The molecular formula is C19H15BrO2. The summed E-state index contributed by atoms with van der Waals surface area (Å²) in [6, 6.07) is 16.1. The number of benzene rings is 2. The van der Waals surface area contributed by atoms with E-state index < -0.39 is 5.97 Å². The second-order valence-electron chi connectivity index (χ2n) is 5.33. The lowest BCUT2D eigenvalue weighted by atomic mass is 10.0. The van der Waals surface area contributed by atoms with Crippen molar-refractivity contribution in [1.29, 1.82) is 0 Å². The third-order valence-electron chi connectivity index (χ3n) is 3.91. The molecule has 0 spiro atoms. The van der Waals surface area contributed by atoms with Crippen molar-refractivity contribution in [3.63, 3.8) is 0 Å². The molecule has 2 aromatic carbocycles. The van der Waals surface area contributed by atoms with Gasteiger partial charge in [-0.3, -0.25) is 4.79 Å². The van der Waals surface area contributed by atoms with Crippen molar-refractivity contribution in [3.05, 3.63) is 75.3 Å². The molecule has 0 atom stereocenters. The second-order valence-corrected chi connectivity index (χ2v) is 6.24. The fourth-order valence-corrected chi connectivity index (χ4v) is 3.10. The number of carboxylic acid groups (broad SMARTS) is 1. The molecule has 3 heteroatoms. The zero-order valence-electron chi connectivity index (χ0n) is 12.1. The van der Waals surface area contributed by atoms with Crippen LogP contribution in [0, 0.1) is 0 Å². The SMILES string of the molecule is CC1=C(CC(=O)O)c2ccccc2/C1=C\c1ccc(Br)cc1. The average Bonchev–Trinajstić information content (AvgIpc) is 2.75. The van der Waals surface area contributed by atoms with Gasteiger partial charge in [0.05, 0.1) is 6.42 Å². The molecule has 2 nitrogen and oxygen atoms in total. The maximum Gasteiger partial charge on any atom is 0.307 e. The molecule has 1 aliphatic rings. The van der Waals surface area contributed by atoms with E-state index in [1.54, 1.807) is 0 Å². The van der Waals surface area contributed by atoms with Gasteiger partial charge >= 0.3 is 5.97 Å². The van der Waals surface area contributed by atoms with Crippen LogP contribution in [0.5, 0.6) is 0 Å². The van der Waals surface area contributed by atoms with E-state index in [9.17, 15) is 4.79 Å². The van der Waals surface area contributed by atoms with Crippen LogP contribution in [-0.4, -0.2) is 11.1 Å². The summed E-state index contributed by atoms with van der Waals surface area (Å²) in [5, 5.41) is 9.16. The monoisotopic (exact) mass is 354 g/mol. The number of hydrogen-bond acceptors (Lipinski definition) is 1. The Bertz CT molecular complexity index is 798. The van der Waals surface area contributed by atoms with Gasteiger partial charge in [0.1, 0.15) is 0 Å². The van der Waals surface area contributed by atoms with Gasteiger partial charge in [-0.2, -0.15) is 0 Å². The Labute approximate surface area is 137 Å². The Hall–Kier alpha value is -2.13. The first-order chi connectivity index (χ1) is 10.6. The van der Waals surface area contributed by atoms with Crippen LogP contribution in [-0.2, 0) is 4.79 Å². The molecule has 0 radical (unpaired) electrons. The zero-order chi connectivity index (χ0) is 15.7. The highest BCUT2D eigenvalue weighted by Gasteiger charge is 2.24. The van der Waals surface area contributed by atoms with E-state index in [0.717, 1.165) is 37.9 Å². The summed E-state index contributed by atoms with van der Waals surface area (Å²) in [6.07, 6.45) is 2.18. The first-order valence-corrected chi connectivity index (χ1v) is 7.84. The Morgan fingerprint density at radius 3 is 2.36 bits per heavy atom. The highest BCUT2D eigenvalue weighted by Crippen LogP contribution is 2.43. The van der Waals surface area contributed by atoms with Gasteiger partial charge in [0, 0.05) is 4.47 Å². The number of allylic oxidation sites excluding steroid dienone is 2. The van der Waals surface area contributed by atoms with E-state index in [2.05, 4.69) is 28.1 Å². The summed E-state index contributed by atoms with van der Waals surface area (Å²) in [4.78, 5) is 11.2. The van der Waals surface area contributed by atoms with Gasteiger partial charge in [-0.15, -0.1) is 0 Å². The van der Waals surface area contributed by atoms with Crippen LogP contribution in [0.2, 0.25) is 0 Å². The average molecular weight is 355 g/mol. The normalized spacial score (nSPS) is 15.3. The molecule has 0 unspecified atom stereocenters. The van der Waals surface area contributed by atoms with Crippen molar-refractivity contribution < 1.29 is 9.90 Å². The molecule has 110 valence electrons. The van der Waals surface area contributed by atoms with Crippen molar-refractivity contribution in [3.8, 4) is 0 Å². The zero-order valence-corrected chi connectivity index (χ0v) is 13.7. The number of carbonyl (C=O) groups is 1. The third-order valence-corrected chi connectivity index (χ3v) is 4.44. The molecule has 0 saturated carbocycles. The largest absolute Gasteiger partial charge is 0.481 e. The van der Waals surface area contributed by atoms with Gasteiger partial charge in [-0.25, -0.2) is 0 Å². The van der Waals surface area contributed by atoms with E-state index in [-0.39, 0.29) is 6.42 Å². The van der Waals surface area contributed by atoms with Crippen molar-refractivity contribution >= 4 is 39.1 Å². The number of hydrogen-bond donors (Lipinski definition) is 1. The van der Waals surface area contributed by atoms with E-state index in [1.807, 2.05) is 49.4 Å². The van der Waals surface area contributed by atoms with Gasteiger partial charge in [0.2, 0.25) is 0 Å². The topological polar surface area (TPSA) is 37.3 Å². The second kappa shape index (κ2) is 5.93. The summed E-state index contributed by atoms with van der Waals surface area (Å²) in [6.45, 7) is 2.00. The van der Waals surface area contributed by atoms with E-state index >= 15 is 0 Å². The van der Waals surface area contributed by atoms with E-state index in [4.69, 9.17) is 5.11 Å². The lowest BCUT2D eigenvalue weighted by molar-refractivity contribution is -0.135. The van der Waals surface area contributed by atoms with Crippen LogP contribution >= 0.6 is 15.9 Å². The molecule has 0 aliphatic heterocycles. The predicted octanol–water partition coefficient (Wildman–Crippen LogP) is 5.25. The van der Waals surface area contributed by atoms with Crippen LogP contribution in [0.3, 0.4) is 0 Å². The van der Waals surface area contributed by atoms with Crippen LogP contribution in [0.4, 0.5) is 0 Å². The molecule has 0 fully saturated rings. The summed E-state index contributed by atoms with van der Waals surface area (Å²) < 4.78 is 1.04. The lowest BCUT2D eigenvalue weighted by Crippen LogP contribution is -1.96. The van der Waals surface area contributed by atoms with E-state index in [1.165, 1.54) is 0 Å². The van der Waals surface area contributed by atoms with Gasteiger partial charge in [0.15, 0.2) is 0 Å². The number of fused-ring (bicyclic) bond motifs is 1. The van der Waals surface area contributed by atoms with Crippen LogP contribution in [0.25, 0.3) is 17.2 Å². The molecule has 0 saturated heterocycles. The van der Waals surface area contributed by atoms with Crippen molar-refractivity contribution in [1.82, 2.24) is 0 Å². The summed E-state index contributed by atoms with van der Waals surface area (Å²) >= 11 is 3.44. The highest BCUT2D eigenvalue weighted by molar-refractivity contribution is 9.10. The standard InChI is InChI=1S/C19H15BrO2/c1-12-17(10-13-6-8-14(20)9-7-13)15-4-2-3-5-16(15)18(12)11-19(21)22/h2-10H,11H2,1H3,(H,21,22)/b17-10-. The fraction of sp³-hybridized carbons (Fsp3) is 0.105. The van der Waals surface area contributed by atoms with Gasteiger partial charge in [-0.1, -0.05) is 52.3 Å². The fourth-order valence-electron chi connectivity index (χ4n) is 2.84. The smallest absolute Gasteiger partial charge is 0.307 e. The predicted molar refractivity (Wildman–Crippen MR) is 93.3 cm³/mol. The Balaban J connectivity index is 2.12. The van der Waals surface area contributed by atoms with E-state index in [0.29, 0.717) is 0 Å². The first kappa shape index (κ1) is 14.8. The molecule has 1 aliphatic carbocycles. The molecule has 2 aromatic rings. The molecule has 3 rings (SSSR count). The minimum absolute atomic E-state index is 0.0561. The van der Waals surface area contributed by atoms with Crippen LogP contribution in [0.1, 0.15) is 30.0 Å². The molecule has 0 amide bonds. The third kappa shape index (κ3) is 2.77. The minimum atomic E-state index is -0.797. The summed E-state index contributed by atoms with van der Waals surface area (Å²) in [7, 11) is 0. The van der Waals surface area contributed by atoms with Crippen molar-refractivity contribution in [2.45, 2.75) is 13.3 Å². The molecule has 0 bridgehead atoms. The van der Waals surface area contributed by atoms with Crippen molar-refractivity contribution in [2.75, 3.05) is 0 Å². The molecular weight excluding hydrogens is 340 g/mol. The van der Waals surface area contributed by atoms with Gasteiger partial charge in [-0.05, 0) is 58.5 Å². The maximum atomic E-state index is 11.2. The van der Waals surface area contributed by atoms with Crippen LogP contribution < -0.4 is 0 Å². The molecule has 1 N–H and O–H groups in total. The summed E-state index contributed by atoms with van der Waals surface area (Å²) in [5.41, 5.74) is 6.31. The van der Waals surface area contributed by atoms with Gasteiger partial charge in [0.25, 0.3) is 0 Å². The molecule has 0 aromatic heterocycles. The summed E-state index contributed by atoms with van der Waals surface area (Å²) in [5.74, 6) is -0.797. The quantitative estimate of drug-likeness (QED) is 0.816. The Morgan fingerprint density at radius 2 is 1.73 bits per heavy atom. The number of halogens is 1. The number of rotatable bonds is 3. The lowest BCUT2D eigenvalue weighted by Gasteiger charge is -2.04. The molecule has 22 heavy (non-hydrogen) atoms. The Kier molecular flexibility index (Phi) is 3.99. The maximum absolute atomic E-state index is 11.2. The number of carboxylic acids is 1. The minimum Gasteiger partial charge on any atom is -0.481 e. The Morgan fingerprint density at radius 1 is 1.09 bits per heavy atom. The van der Waals surface area contributed by atoms with Gasteiger partial charge < -0.3 is 5.11 Å². The van der Waals surface area contributed by atoms with Crippen molar-refractivity contribution in [2.24, 2.45) is 0 Å². The highest BCUT2D eigenvalue weighted by atomic mass is 79.9. The number of aliphatic carboxylic acids is 1.